The Bertz CT molecular complexity index is 1010. The fourth-order valence-electron chi connectivity index (χ4n) is 2.51. The Labute approximate surface area is 164 Å². The van der Waals surface area contributed by atoms with Gasteiger partial charge in [0.1, 0.15) is 5.82 Å². The van der Waals surface area contributed by atoms with E-state index in [9.17, 15) is 14.0 Å². The van der Waals surface area contributed by atoms with Crippen LogP contribution in [0.25, 0.3) is 10.2 Å². The van der Waals surface area contributed by atoms with Crippen molar-refractivity contribution in [2.24, 2.45) is 0 Å². The molecule has 27 heavy (non-hydrogen) atoms. The van der Waals surface area contributed by atoms with Crippen LogP contribution in [0.4, 0.5) is 15.2 Å². The lowest BCUT2D eigenvalue weighted by molar-refractivity contribution is -0.116. The smallest absolute Gasteiger partial charge is 0.228 e. The van der Waals surface area contributed by atoms with Crippen molar-refractivity contribution in [3.63, 3.8) is 0 Å². The number of amides is 2. The third kappa shape index (κ3) is 5.02. The van der Waals surface area contributed by atoms with E-state index in [0.717, 1.165) is 28.3 Å². The predicted octanol–water partition coefficient (Wildman–Crippen LogP) is 5.01. The van der Waals surface area contributed by atoms with Crippen LogP contribution < -0.4 is 10.6 Å². The minimum Gasteiger partial charge on any atom is -0.324 e. The van der Waals surface area contributed by atoms with Gasteiger partial charge >= 0.3 is 0 Å². The van der Waals surface area contributed by atoms with Crippen molar-refractivity contribution in [1.29, 1.82) is 0 Å². The zero-order chi connectivity index (χ0) is 19.4. The average Bonchev–Trinajstić information content (AvgIpc) is 2.99. The number of nitrogens with one attached hydrogen (secondary N) is 2. The molecule has 0 spiro atoms. The second-order valence-electron chi connectivity index (χ2n) is 5.97. The van der Waals surface area contributed by atoms with E-state index < -0.39 is 5.82 Å². The first-order valence-corrected chi connectivity index (χ1v) is 9.58. The van der Waals surface area contributed by atoms with Gasteiger partial charge in [-0.3, -0.25) is 9.59 Å². The molecular weight excluding hydrogens is 389 g/mol. The van der Waals surface area contributed by atoms with Gasteiger partial charge in [-0.2, -0.15) is 0 Å². The summed E-state index contributed by atoms with van der Waals surface area (Å²) in [6, 6.07) is 9.30. The lowest BCUT2D eigenvalue weighted by Crippen LogP contribution is -2.14. The van der Waals surface area contributed by atoms with Crippen LogP contribution in [-0.2, 0) is 16.0 Å². The molecule has 8 heteroatoms. The van der Waals surface area contributed by atoms with E-state index in [-0.39, 0.29) is 23.3 Å². The van der Waals surface area contributed by atoms with E-state index in [1.807, 2.05) is 25.1 Å². The molecule has 1 heterocycles. The molecule has 0 saturated carbocycles. The van der Waals surface area contributed by atoms with Crippen LogP contribution in [-0.4, -0.2) is 16.8 Å². The number of nitrogens with zero attached hydrogens (tertiary/aromatic N) is 1. The Morgan fingerprint density at radius 1 is 1.15 bits per heavy atom. The van der Waals surface area contributed by atoms with Gasteiger partial charge in [0.05, 0.1) is 27.3 Å². The summed E-state index contributed by atoms with van der Waals surface area (Å²) in [7, 11) is 0. The molecule has 0 atom stereocenters. The molecule has 0 aliphatic heterocycles. The molecule has 3 rings (SSSR count). The number of carbonyl (C=O) groups excluding carboxylic acids is 2. The Morgan fingerprint density at radius 2 is 1.96 bits per heavy atom. The van der Waals surface area contributed by atoms with Gasteiger partial charge in [0.25, 0.3) is 0 Å². The molecule has 2 amide bonds. The van der Waals surface area contributed by atoms with Crippen LogP contribution in [0.2, 0.25) is 5.02 Å². The van der Waals surface area contributed by atoms with Crippen LogP contribution >= 0.6 is 22.9 Å². The number of anilines is 2. The number of aromatic nitrogens is 1. The van der Waals surface area contributed by atoms with Crippen molar-refractivity contribution in [2.75, 3.05) is 10.6 Å². The molecule has 2 N–H and O–H groups in total. The summed E-state index contributed by atoms with van der Waals surface area (Å²) in [6.45, 7) is 1.94. The highest BCUT2D eigenvalue weighted by molar-refractivity contribution is 7.22. The van der Waals surface area contributed by atoms with E-state index in [4.69, 9.17) is 11.6 Å². The van der Waals surface area contributed by atoms with Crippen molar-refractivity contribution in [3.05, 3.63) is 52.8 Å². The highest BCUT2D eigenvalue weighted by atomic mass is 35.5. The molecule has 0 radical (unpaired) electrons. The SMILES string of the molecule is CCCC(=O)Nc1nc2ccc(CC(=O)Nc3ccc(F)cc3Cl)cc2s1. The summed E-state index contributed by atoms with van der Waals surface area (Å²) in [5.74, 6) is -0.786. The Balaban J connectivity index is 1.69. The summed E-state index contributed by atoms with van der Waals surface area (Å²) in [4.78, 5) is 28.3. The van der Waals surface area contributed by atoms with Crippen LogP contribution in [0.5, 0.6) is 0 Å². The number of fused-ring (bicyclic) bond motifs is 1. The van der Waals surface area contributed by atoms with Gasteiger partial charge < -0.3 is 10.6 Å². The van der Waals surface area contributed by atoms with E-state index in [2.05, 4.69) is 15.6 Å². The third-order valence-corrected chi connectivity index (χ3v) is 4.99. The van der Waals surface area contributed by atoms with Crippen molar-refractivity contribution >= 4 is 55.8 Å². The van der Waals surface area contributed by atoms with Crippen molar-refractivity contribution in [1.82, 2.24) is 4.98 Å². The molecule has 5 nitrogen and oxygen atoms in total. The molecule has 140 valence electrons. The lowest BCUT2D eigenvalue weighted by atomic mass is 10.1. The number of thiazole rings is 1. The lowest BCUT2D eigenvalue weighted by Gasteiger charge is -2.07. The quantitative estimate of drug-likeness (QED) is 0.605. The Morgan fingerprint density at radius 3 is 2.70 bits per heavy atom. The molecule has 1 aromatic heterocycles. The number of benzene rings is 2. The number of rotatable bonds is 6. The summed E-state index contributed by atoms with van der Waals surface area (Å²) in [5, 5.41) is 6.14. The molecule has 2 aromatic carbocycles. The zero-order valence-corrected chi connectivity index (χ0v) is 16.1. The van der Waals surface area contributed by atoms with E-state index in [1.54, 1.807) is 0 Å². The maximum absolute atomic E-state index is 13.1. The summed E-state index contributed by atoms with van der Waals surface area (Å²) < 4.78 is 14.0. The average molecular weight is 406 g/mol. The highest BCUT2D eigenvalue weighted by Crippen LogP contribution is 2.27. The van der Waals surface area contributed by atoms with Gasteiger partial charge in [0, 0.05) is 6.42 Å². The first-order valence-electron chi connectivity index (χ1n) is 8.39. The molecule has 0 aliphatic rings. The second-order valence-corrected chi connectivity index (χ2v) is 7.41. The number of halogens is 2. The van der Waals surface area contributed by atoms with Gasteiger partial charge in [0.15, 0.2) is 5.13 Å². The number of hydrogen-bond donors (Lipinski definition) is 2. The molecule has 0 unspecified atom stereocenters. The van der Waals surface area contributed by atoms with Gasteiger partial charge in [-0.1, -0.05) is 35.9 Å². The van der Waals surface area contributed by atoms with Crippen molar-refractivity contribution < 1.29 is 14.0 Å². The van der Waals surface area contributed by atoms with Crippen LogP contribution in [0.1, 0.15) is 25.3 Å². The standard InChI is InChI=1S/C19H17ClFN3O2S/c1-2-3-17(25)24-19-23-15-6-4-11(8-16(15)27-19)9-18(26)22-14-7-5-12(21)10-13(14)20/h4-8,10H,2-3,9H2,1H3,(H,22,26)(H,23,24,25). The largest absolute Gasteiger partial charge is 0.324 e. The van der Waals surface area contributed by atoms with E-state index in [1.165, 1.54) is 23.5 Å². The van der Waals surface area contributed by atoms with Crippen molar-refractivity contribution in [3.8, 4) is 0 Å². The van der Waals surface area contributed by atoms with Crippen molar-refractivity contribution in [2.45, 2.75) is 26.2 Å². The Hall–Kier alpha value is -2.51. The summed E-state index contributed by atoms with van der Waals surface area (Å²) in [6.07, 6.45) is 1.36. The second kappa shape index (κ2) is 8.45. The summed E-state index contributed by atoms with van der Waals surface area (Å²) >= 11 is 7.29. The first-order chi connectivity index (χ1) is 12.9. The van der Waals surface area contributed by atoms with Gasteiger partial charge in [-0.05, 0) is 42.3 Å². The van der Waals surface area contributed by atoms with E-state index in [0.29, 0.717) is 17.2 Å². The normalized spacial score (nSPS) is 10.8. The van der Waals surface area contributed by atoms with Crippen LogP contribution in [0.15, 0.2) is 36.4 Å². The predicted molar refractivity (Wildman–Crippen MR) is 107 cm³/mol. The maximum atomic E-state index is 13.1. The first kappa shape index (κ1) is 19.3. The van der Waals surface area contributed by atoms with E-state index >= 15 is 0 Å². The third-order valence-electron chi connectivity index (χ3n) is 3.75. The molecule has 0 bridgehead atoms. The Kier molecular flexibility index (Phi) is 6.03. The van der Waals surface area contributed by atoms with Gasteiger partial charge in [-0.15, -0.1) is 0 Å². The topological polar surface area (TPSA) is 71.1 Å². The summed E-state index contributed by atoms with van der Waals surface area (Å²) in [5.41, 5.74) is 1.92. The molecule has 0 aliphatic carbocycles. The molecule has 0 fully saturated rings. The highest BCUT2D eigenvalue weighted by Gasteiger charge is 2.11. The van der Waals surface area contributed by atoms with Gasteiger partial charge in [0.2, 0.25) is 11.8 Å². The molecule has 3 aromatic rings. The zero-order valence-electron chi connectivity index (χ0n) is 14.5. The molecular formula is C19H17ClFN3O2S. The number of carbonyl (C=O) groups is 2. The fraction of sp³-hybridized carbons (Fsp3) is 0.211. The minimum atomic E-state index is -0.463. The van der Waals surface area contributed by atoms with Crippen LogP contribution in [0, 0.1) is 5.82 Å². The molecule has 0 saturated heterocycles. The minimum absolute atomic E-state index is 0.0627. The van der Waals surface area contributed by atoms with Crippen LogP contribution in [0.3, 0.4) is 0 Å². The maximum Gasteiger partial charge on any atom is 0.228 e. The number of hydrogen-bond acceptors (Lipinski definition) is 4. The fourth-order valence-corrected chi connectivity index (χ4v) is 3.67. The van der Waals surface area contributed by atoms with Gasteiger partial charge in [-0.25, -0.2) is 9.37 Å². The monoisotopic (exact) mass is 405 g/mol.